The predicted octanol–water partition coefficient (Wildman–Crippen LogP) is 2.10. The molecule has 1 saturated carbocycles. The lowest BCUT2D eigenvalue weighted by atomic mass is 9.92. The second-order valence-electron chi connectivity index (χ2n) is 7.34. The lowest BCUT2D eigenvalue weighted by Crippen LogP contribution is -2.52. The van der Waals surface area contributed by atoms with Crippen LogP contribution in [0.25, 0.3) is 0 Å². The topological polar surface area (TPSA) is 50.8 Å². The van der Waals surface area contributed by atoms with Crippen molar-refractivity contribution in [3.8, 4) is 0 Å². The summed E-state index contributed by atoms with van der Waals surface area (Å²) < 4.78 is 11.0. The van der Waals surface area contributed by atoms with E-state index in [1.54, 1.807) is 0 Å². The van der Waals surface area contributed by atoms with Crippen LogP contribution < -0.4 is 5.32 Å². The Hall–Kier alpha value is -0.650. The summed E-state index contributed by atoms with van der Waals surface area (Å²) in [5, 5.41) is 3.17. The van der Waals surface area contributed by atoms with E-state index in [4.69, 9.17) is 9.47 Å². The van der Waals surface area contributed by atoms with Crippen LogP contribution in [0, 0.1) is 0 Å². The molecule has 5 heteroatoms. The highest BCUT2D eigenvalue weighted by Crippen LogP contribution is 2.25. The molecule has 0 spiro atoms. The van der Waals surface area contributed by atoms with Gasteiger partial charge in [0.25, 0.3) is 0 Å². The van der Waals surface area contributed by atoms with E-state index in [-0.39, 0.29) is 18.6 Å². The number of hydrogen-bond donors (Lipinski definition) is 1. The van der Waals surface area contributed by atoms with Gasteiger partial charge < -0.3 is 14.8 Å². The molecule has 1 aliphatic carbocycles. The van der Waals surface area contributed by atoms with Crippen LogP contribution in [0.3, 0.4) is 0 Å². The molecule has 2 atom stereocenters. The van der Waals surface area contributed by atoms with E-state index >= 15 is 0 Å². The SMILES string of the molecule is O=C(COC[C@H]1CCCO1)N[C@@H]1CCCN(C2CCCCC2)C1. The molecular formula is C18H32N2O3. The van der Waals surface area contributed by atoms with Crippen molar-refractivity contribution in [2.45, 2.75) is 76.0 Å². The maximum absolute atomic E-state index is 12.1. The molecule has 132 valence electrons. The normalized spacial score (nSPS) is 30.4. The Morgan fingerprint density at radius 3 is 2.74 bits per heavy atom. The van der Waals surface area contributed by atoms with E-state index in [1.165, 1.54) is 45.1 Å². The number of carbonyl (C=O) groups excluding carboxylic acids is 1. The average molecular weight is 324 g/mol. The maximum atomic E-state index is 12.1. The van der Waals surface area contributed by atoms with Gasteiger partial charge in [-0.25, -0.2) is 0 Å². The molecule has 1 N–H and O–H groups in total. The van der Waals surface area contributed by atoms with E-state index in [0.29, 0.717) is 12.6 Å². The first kappa shape index (κ1) is 17.2. The predicted molar refractivity (Wildman–Crippen MR) is 89.4 cm³/mol. The molecule has 0 radical (unpaired) electrons. The molecule has 3 rings (SSSR count). The fourth-order valence-corrected chi connectivity index (χ4v) is 4.23. The molecule has 2 aliphatic heterocycles. The van der Waals surface area contributed by atoms with Gasteiger partial charge in [0.2, 0.25) is 5.91 Å². The zero-order valence-electron chi connectivity index (χ0n) is 14.3. The summed E-state index contributed by atoms with van der Waals surface area (Å²) >= 11 is 0. The van der Waals surface area contributed by atoms with Gasteiger partial charge in [0.05, 0.1) is 12.7 Å². The number of piperidine rings is 1. The van der Waals surface area contributed by atoms with Gasteiger partial charge in [-0.3, -0.25) is 9.69 Å². The Bertz CT molecular complexity index is 365. The van der Waals surface area contributed by atoms with Gasteiger partial charge in [-0.2, -0.15) is 0 Å². The summed E-state index contributed by atoms with van der Waals surface area (Å²) in [5.74, 6) is 0.0264. The minimum Gasteiger partial charge on any atom is -0.376 e. The van der Waals surface area contributed by atoms with E-state index < -0.39 is 0 Å². The van der Waals surface area contributed by atoms with Crippen molar-refractivity contribution in [2.75, 3.05) is 32.9 Å². The first-order chi connectivity index (χ1) is 11.3. The summed E-state index contributed by atoms with van der Waals surface area (Å²) in [7, 11) is 0. The van der Waals surface area contributed by atoms with Gasteiger partial charge in [-0.1, -0.05) is 19.3 Å². The minimum absolute atomic E-state index is 0.0264. The van der Waals surface area contributed by atoms with Crippen LogP contribution in [0.4, 0.5) is 0 Å². The third-order valence-electron chi connectivity index (χ3n) is 5.47. The number of amides is 1. The second kappa shape index (κ2) is 9.00. The summed E-state index contributed by atoms with van der Waals surface area (Å²) in [4.78, 5) is 14.7. The highest BCUT2D eigenvalue weighted by Gasteiger charge is 2.27. The number of rotatable bonds is 6. The Balaban J connectivity index is 1.34. The van der Waals surface area contributed by atoms with Crippen LogP contribution in [-0.4, -0.2) is 61.9 Å². The van der Waals surface area contributed by atoms with Crippen LogP contribution in [0.2, 0.25) is 0 Å². The van der Waals surface area contributed by atoms with E-state index in [2.05, 4.69) is 10.2 Å². The number of likely N-dealkylation sites (tertiary alicyclic amines) is 1. The van der Waals surface area contributed by atoms with Gasteiger partial charge in [0, 0.05) is 25.2 Å². The third-order valence-corrected chi connectivity index (χ3v) is 5.47. The molecule has 3 fully saturated rings. The summed E-state index contributed by atoms with van der Waals surface area (Å²) in [6, 6.07) is 1.05. The average Bonchev–Trinajstić information content (AvgIpc) is 3.09. The van der Waals surface area contributed by atoms with Crippen molar-refractivity contribution in [1.82, 2.24) is 10.2 Å². The standard InChI is InChI=1S/C18H32N2O3/c21-18(14-22-13-17-9-5-11-23-17)19-15-6-4-10-20(12-15)16-7-2-1-3-8-16/h15-17H,1-14H2,(H,19,21)/t15-,17-/m1/s1. The highest BCUT2D eigenvalue weighted by molar-refractivity contribution is 5.77. The molecule has 0 aromatic carbocycles. The summed E-state index contributed by atoms with van der Waals surface area (Å²) in [6.07, 6.45) is 11.5. The molecule has 0 aromatic heterocycles. The van der Waals surface area contributed by atoms with Gasteiger partial charge in [0.15, 0.2) is 0 Å². The smallest absolute Gasteiger partial charge is 0.246 e. The number of hydrogen-bond acceptors (Lipinski definition) is 4. The first-order valence-electron chi connectivity index (χ1n) is 9.54. The largest absolute Gasteiger partial charge is 0.376 e. The van der Waals surface area contributed by atoms with Gasteiger partial charge in [-0.05, 0) is 45.1 Å². The summed E-state index contributed by atoms with van der Waals surface area (Å²) in [5.41, 5.74) is 0. The molecule has 0 aromatic rings. The molecular weight excluding hydrogens is 292 g/mol. The van der Waals surface area contributed by atoms with E-state index in [9.17, 15) is 4.79 Å². The Morgan fingerprint density at radius 2 is 1.96 bits per heavy atom. The van der Waals surface area contributed by atoms with Crippen molar-refractivity contribution in [3.05, 3.63) is 0 Å². The third kappa shape index (κ3) is 5.44. The Morgan fingerprint density at radius 1 is 1.09 bits per heavy atom. The Kier molecular flexibility index (Phi) is 6.72. The maximum Gasteiger partial charge on any atom is 0.246 e. The van der Waals surface area contributed by atoms with Crippen LogP contribution >= 0.6 is 0 Å². The van der Waals surface area contributed by atoms with Gasteiger partial charge in [0.1, 0.15) is 6.61 Å². The van der Waals surface area contributed by atoms with Gasteiger partial charge >= 0.3 is 0 Å². The number of ether oxygens (including phenoxy) is 2. The molecule has 2 saturated heterocycles. The number of carbonyl (C=O) groups is 1. The molecule has 0 unspecified atom stereocenters. The number of nitrogens with one attached hydrogen (secondary N) is 1. The monoisotopic (exact) mass is 324 g/mol. The molecule has 0 bridgehead atoms. The zero-order valence-corrected chi connectivity index (χ0v) is 14.3. The van der Waals surface area contributed by atoms with Crippen LogP contribution in [0.5, 0.6) is 0 Å². The van der Waals surface area contributed by atoms with E-state index in [1.807, 2.05) is 0 Å². The van der Waals surface area contributed by atoms with E-state index in [0.717, 1.165) is 38.5 Å². The quantitative estimate of drug-likeness (QED) is 0.813. The number of nitrogens with zero attached hydrogens (tertiary/aromatic N) is 1. The van der Waals surface area contributed by atoms with Crippen molar-refractivity contribution in [1.29, 1.82) is 0 Å². The highest BCUT2D eigenvalue weighted by atomic mass is 16.5. The fraction of sp³-hybridized carbons (Fsp3) is 0.944. The van der Waals surface area contributed by atoms with Crippen molar-refractivity contribution in [2.24, 2.45) is 0 Å². The fourth-order valence-electron chi connectivity index (χ4n) is 4.23. The van der Waals surface area contributed by atoms with Crippen molar-refractivity contribution < 1.29 is 14.3 Å². The molecule has 5 nitrogen and oxygen atoms in total. The van der Waals surface area contributed by atoms with Crippen LogP contribution in [0.1, 0.15) is 57.8 Å². The molecule has 1 amide bonds. The van der Waals surface area contributed by atoms with Crippen LogP contribution in [0.15, 0.2) is 0 Å². The van der Waals surface area contributed by atoms with Crippen molar-refractivity contribution >= 4 is 5.91 Å². The van der Waals surface area contributed by atoms with Gasteiger partial charge in [-0.15, -0.1) is 0 Å². The zero-order chi connectivity index (χ0) is 15.9. The molecule has 2 heterocycles. The minimum atomic E-state index is 0.0264. The molecule has 3 aliphatic rings. The lowest BCUT2D eigenvalue weighted by molar-refractivity contribution is -0.128. The Labute approximate surface area is 140 Å². The second-order valence-corrected chi connectivity index (χ2v) is 7.34. The lowest BCUT2D eigenvalue weighted by Gasteiger charge is -2.40. The molecule has 23 heavy (non-hydrogen) atoms. The van der Waals surface area contributed by atoms with Crippen molar-refractivity contribution in [3.63, 3.8) is 0 Å². The first-order valence-corrected chi connectivity index (χ1v) is 9.54. The summed E-state index contributed by atoms with van der Waals surface area (Å²) in [6.45, 7) is 3.76. The van der Waals surface area contributed by atoms with Crippen LogP contribution in [-0.2, 0) is 14.3 Å².